The first-order valence-corrected chi connectivity index (χ1v) is 7.67. The van der Waals surface area contributed by atoms with Gasteiger partial charge in [-0.25, -0.2) is 4.79 Å². The van der Waals surface area contributed by atoms with Gasteiger partial charge in [0.05, 0.1) is 4.92 Å². The second kappa shape index (κ2) is 5.07. The first kappa shape index (κ1) is 16.0. The van der Waals surface area contributed by atoms with Crippen LogP contribution >= 0.6 is 23.2 Å². The van der Waals surface area contributed by atoms with E-state index in [2.05, 4.69) is 5.32 Å². The van der Waals surface area contributed by atoms with Crippen LogP contribution in [0.1, 0.15) is 18.9 Å². The van der Waals surface area contributed by atoms with Gasteiger partial charge in [0, 0.05) is 24.6 Å². The van der Waals surface area contributed by atoms with E-state index in [0.717, 1.165) is 4.90 Å². The SMILES string of the molecule is CC1(c2cccc([N+](=O)[O-])c2)NC(=O)N(CC2CC2(Cl)Cl)C1=O. The van der Waals surface area contributed by atoms with E-state index in [0.29, 0.717) is 12.0 Å². The fourth-order valence-electron chi connectivity index (χ4n) is 2.68. The number of urea groups is 1. The van der Waals surface area contributed by atoms with Crippen molar-refractivity contribution in [2.75, 3.05) is 6.54 Å². The second-order valence-corrected chi connectivity index (χ2v) is 7.48. The third-order valence-corrected chi connectivity index (χ3v) is 5.19. The number of hydrogen-bond acceptors (Lipinski definition) is 4. The van der Waals surface area contributed by atoms with Crippen LogP contribution in [0.15, 0.2) is 24.3 Å². The summed E-state index contributed by atoms with van der Waals surface area (Å²) >= 11 is 11.9. The molecule has 1 aliphatic heterocycles. The van der Waals surface area contributed by atoms with E-state index in [-0.39, 0.29) is 18.2 Å². The highest BCUT2D eigenvalue weighted by molar-refractivity contribution is 6.50. The van der Waals surface area contributed by atoms with Crippen molar-refractivity contribution in [3.8, 4) is 0 Å². The fourth-order valence-corrected chi connectivity index (χ4v) is 3.19. The number of non-ortho nitro benzene ring substituents is 1. The summed E-state index contributed by atoms with van der Waals surface area (Å²) in [7, 11) is 0. The molecule has 3 rings (SSSR count). The Hall–Kier alpha value is -1.86. The van der Waals surface area contributed by atoms with Crippen molar-refractivity contribution in [2.45, 2.75) is 23.2 Å². The average molecular weight is 358 g/mol. The molecule has 2 atom stereocenters. The summed E-state index contributed by atoms with van der Waals surface area (Å²) in [5, 5.41) is 13.5. The minimum absolute atomic E-state index is 0.127. The zero-order chi connectivity index (χ0) is 17.0. The Morgan fingerprint density at radius 2 is 2.09 bits per heavy atom. The van der Waals surface area contributed by atoms with Crippen molar-refractivity contribution in [3.05, 3.63) is 39.9 Å². The Balaban J connectivity index is 1.88. The predicted octanol–water partition coefficient (Wildman–Crippen LogP) is 2.56. The van der Waals surface area contributed by atoms with Crippen molar-refractivity contribution >= 4 is 40.8 Å². The standard InChI is InChI=1S/C14H13Cl2N3O4/c1-13(8-3-2-4-10(5-8)19(22)23)11(20)18(12(21)17-13)7-9-6-14(9,15)16/h2-5,9H,6-7H2,1H3,(H,17,21). The van der Waals surface area contributed by atoms with Crippen LogP contribution in [0.2, 0.25) is 0 Å². The zero-order valence-electron chi connectivity index (χ0n) is 12.1. The highest BCUT2D eigenvalue weighted by atomic mass is 35.5. The summed E-state index contributed by atoms with van der Waals surface area (Å²) in [6.07, 6.45) is 0.515. The number of halogens is 2. The Morgan fingerprint density at radius 3 is 2.65 bits per heavy atom. The number of nitrogens with zero attached hydrogens (tertiary/aromatic N) is 2. The van der Waals surface area contributed by atoms with Gasteiger partial charge in [0.25, 0.3) is 11.6 Å². The number of nitro benzene ring substituents is 1. The largest absolute Gasteiger partial charge is 0.325 e. The van der Waals surface area contributed by atoms with E-state index in [1.807, 2.05) is 0 Å². The van der Waals surface area contributed by atoms with Crippen molar-refractivity contribution in [1.82, 2.24) is 10.2 Å². The van der Waals surface area contributed by atoms with E-state index in [1.54, 1.807) is 6.07 Å². The number of nitrogens with one attached hydrogen (secondary N) is 1. The minimum atomic E-state index is -1.35. The van der Waals surface area contributed by atoms with Crippen molar-refractivity contribution in [3.63, 3.8) is 0 Å². The van der Waals surface area contributed by atoms with Gasteiger partial charge >= 0.3 is 6.03 Å². The molecule has 1 heterocycles. The number of carbonyl (C=O) groups is 2. The number of carbonyl (C=O) groups excluding carboxylic acids is 2. The normalized spacial score (nSPS) is 28.7. The lowest BCUT2D eigenvalue weighted by Gasteiger charge is -2.22. The molecule has 122 valence electrons. The lowest BCUT2D eigenvalue weighted by molar-refractivity contribution is -0.385. The molecular weight excluding hydrogens is 345 g/mol. The molecule has 3 amide bonds. The quantitative estimate of drug-likeness (QED) is 0.387. The summed E-state index contributed by atoms with van der Waals surface area (Å²) in [4.78, 5) is 36.2. The van der Waals surface area contributed by atoms with E-state index in [1.165, 1.54) is 25.1 Å². The van der Waals surface area contributed by atoms with Gasteiger partial charge in [0.1, 0.15) is 9.87 Å². The van der Waals surface area contributed by atoms with Crippen molar-refractivity contribution < 1.29 is 14.5 Å². The van der Waals surface area contributed by atoms with Crippen molar-refractivity contribution in [1.29, 1.82) is 0 Å². The molecule has 1 aliphatic carbocycles. The number of alkyl halides is 2. The van der Waals surface area contributed by atoms with E-state index in [4.69, 9.17) is 23.2 Å². The van der Waals surface area contributed by atoms with Crippen molar-refractivity contribution in [2.24, 2.45) is 5.92 Å². The minimum Gasteiger partial charge on any atom is -0.319 e. The molecule has 2 unspecified atom stereocenters. The van der Waals surface area contributed by atoms with Crippen LogP contribution in [0.3, 0.4) is 0 Å². The third kappa shape index (κ3) is 2.64. The lowest BCUT2D eigenvalue weighted by atomic mass is 9.91. The maximum absolute atomic E-state index is 12.7. The van der Waals surface area contributed by atoms with Crippen LogP contribution in [0.4, 0.5) is 10.5 Å². The van der Waals surface area contributed by atoms with Crippen LogP contribution in [0.5, 0.6) is 0 Å². The van der Waals surface area contributed by atoms with Crippen LogP contribution in [0.25, 0.3) is 0 Å². The monoisotopic (exact) mass is 357 g/mol. The number of nitro groups is 1. The average Bonchev–Trinajstić information content (AvgIpc) is 3.03. The number of rotatable bonds is 4. The molecular formula is C14H13Cl2N3O4. The van der Waals surface area contributed by atoms with Crippen LogP contribution < -0.4 is 5.32 Å². The first-order chi connectivity index (χ1) is 10.6. The summed E-state index contributed by atoms with van der Waals surface area (Å²) < 4.78 is -0.898. The molecule has 1 saturated heterocycles. The number of amides is 3. The molecule has 0 spiro atoms. The number of imide groups is 1. The summed E-state index contributed by atoms with van der Waals surface area (Å²) in [5.41, 5.74) is -1.14. The Bertz CT molecular complexity index is 724. The Kier molecular flexibility index (Phi) is 3.53. The second-order valence-electron chi connectivity index (χ2n) is 5.94. The highest BCUT2D eigenvalue weighted by Gasteiger charge is 2.56. The van der Waals surface area contributed by atoms with Gasteiger partial charge in [-0.15, -0.1) is 23.2 Å². The molecule has 1 aromatic rings. The maximum atomic E-state index is 12.7. The summed E-state index contributed by atoms with van der Waals surface area (Å²) in [6.45, 7) is 1.65. The molecule has 7 nitrogen and oxygen atoms in total. The van der Waals surface area contributed by atoms with Gasteiger partial charge in [0.2, 0.25) is 0 Å². The molecule has 0 aromatic heterocycles. The molecule has 2 fully saturated rings. The van der Waals surface area contributed by atoms with E-state index < -0.39 is 26.7 Å². The Morgan fingerprint density at radius 1 is 1.43 bits per heavy atom. The lowest BCUT2D eigenvalue weighted by Crippen LogP contribution is -2.41. The topological polar surface area (TPSA) is 92.6 Å². The van der Waals surface area contributed by atoms with Gasteiger partial charge in [0.15, 0.2) is 0 Å². The Labute approximate surface area is 141 Å². The van der Waals surface area contributed by atoms with E-state index in [9.17, 15) is 19.7 Å². The third-order valence-electron chi connectivity index (χ3n) is 4.27. The maximum Gasteiger partial charge on any atom is 0.325 e. The number of benzene rings is 1. The summed E-state index contributed by atoms with van der Waals surface area (Å²) in [5.74, 6) is -0.632. The molecule has 9 heteroatoms. The zero-order valence-corrected chi connectivity index (χ0v) is 13.6. The molecule has 1 aromatic carbocycles. The smallest absolute Gasteiger partial charge is 0.319 e. The van der Waals surface area contributed by atoms with Gasteiger partial charge in [-0.2, -0.15) is 0 Å². The van der Waals surface area contributed by atoms with Crippen LogP contribution in [-0.2, 0) is 10.3 Å². The van der Waals surface area contributed by atoms with Gasteiger partial charge in [-0.05, 0) is 18.9 Å². The van der Waals surface area contributed by atoms with Gasteiger partial charge in [-0.1, -0.05) is 12.1 Å². The molecule has 1 saturated carbocycles. The van der Waals surface area contributed by atoms with Gasteiger partial charge in [-0.3, -0.25) is 19.8 Å². The molecule has 23 heavy (non-hydrogen) atoms. The van der Waals surface area contributed by atoms with Crippen LogP contribution in [-0.4, -0.2) is 32.6 Å². The molecule has 0 bridgehead atoms. The molecule has 2 aliphatic rings. The predicted molar refractivity (Wildman–Crippen MR) is 83.2 cm³/mol. The van der Waals surface area contributed by atoms with Gasteiger partial charge < -0.3 is 5.32 Å². The number of hydrogen-bond donors (Lipinski definition) is 1. The summed E-state index contributed by atoms with van der Waals surface area (Å²) in [6, 6.07) is 5.10. The van der Waals surface area contributed by atoms with Crippen LogP contribution in [0, 0.1) is 16.0 Å². The molecule has 0 radical (unpaired) electrons. The highest BCUT2D eigenvalue weighted by Crippen LogP contribution is 2.53. The molecule has 1 N–H and O–H groups in total. The first-order valence-electron chi connectivity index (χ1n) is 6.92. The van der Waals surface area contributed by atoms with E-state index >= 15 is 0 Å². The fraction of sp³-hybridized carbons (Fsp3) is 0.429.